The summed E-state index contributed by atoms with van der Waals surface area (Å²) < 4.78 is 37.3. The average molecular weight is 393 g/mol. The third-order valence-electron chi connectivity index (χ3n) is 4.42. The van der Waals surface area contributed by atoms with Crippen LogP contribution in [0, 0.1) is 0 Å². The molecule has 6 heteroatoms. The average Bonchev–Trinajstić information content (AvgIpc) is 2.62. The molecule has 0 atom stereocenters. The van der Waals surface area contributed by atoms with E-state index in [9.17, 15) is 13.5 Å². The minimum absolute atomic E-state index is 0.0156. The minimum atomic E-state index is -4.36. The van der Waals surface area contributed by atoms with Gasteiger partial charge < -0.3 is 9.84 Å². The molecule has 0 radical (unpaired) electrons. The van der Waals surface area contributed by atoms with Gasteiger partial charge in [-0.1, -0.05) is 57.6 Å². The van der Waals surface area contributed by atoms with Crippen LogP contribution >= 0.6 is 0 Å². The first-order valence-corrected chi connectivity index (χ1v) is 10.9. The Hall–Kier alpha value is -2.05. The van der Waals surface area contributed by atoms with E-state index in [-0.39, 0.29) is 16.4 Å². The number of aryl methyl sites for hydroxylation is 1. The van der Waals surface area contributed by atoms with Crippen molar-refractivity contribution in [2.75, 3.05) is 0 Å². The zero-order valence-electron chi connectivity index (χ0n) is 15.7. The molecule has 148 valence electrons. The normalized spacial score (nSPS) is 11.5. The van der Waals surface area contributed by atoms with Crippen molar-refractivity contribution >= 4 is 10.1 Å². The third kappa shape index (κ3) is 7.23. The SMILES string of the molecule is CCCCCCCCCc1cccc(Oc2cc(S(=O)(=O)O)ccc2O)c1. The molecule has 2 aromatic carbocycles. The van der Waals surface area contributed by atoms with E-state index in [1.54, 1.807) is 6.07 Å². The fourth-order valence-corrected chi connectivity index (χ4v) is 3.41. The van der Waals surface area contributed by atoms with Gasteiger partial charge in [0.1, 0.15) is 5.75 Å². The first-order chi connectivity index (χ1) is 12.9. The Labute approximate surface area is 161 Å². The van der Waals surface area contributed by atoms with Crippen LogP contribution in [0.5, 0.6) is 17.2 Å². The predicted octanol–water partition coefficient (Wildman–Crippen LogP) is 5.72. The van der Waals surface area contributed by atoms with E-state index in [2.05, 4.69) is 6.92 Å². The number of phenols is 1. The molecule has 0 aromatic heterocycles. The molecule has 2 N–H and O–H groups in total. The van der Waals surface area contributed by atoms with Gasteiger partial charge in [-0.2, -0.15) is 8.42 Å². The highest BCUT2D eigenvalue weighted by molar-refractivity contribution is 7.85. The number of hydrogen-bond acceptors (Lipinski definition) is 4. The van der Waals surface area contributed by atoms with Crippen molar-refractivity contribution in [2.24, 2.45) is 0 Å². The highest BCUT2D eigenvalue weighted by Gasteiger charge is 2.14. The molecule has 0 saturated heterocycles. The zero-order valence-corrected chi connectivity index (χ0v) is 16.5. The standard InChI is InChI=1S/C21H28O5S/c1-2-3-4-5-6-7-8-10-17-11-9-12-18(15-17)26-21-16-19(27(23,24)25)13-14-20(21)22/h9,11-16,22H,2-8,10H2,1H3,(H,23,24,25). The number of benzene rings is 2. The lowest BCUT2D eigenvalue weighted by molar-refractivity contribution is 0.409. The van der Waals surface area contributed by atoms with Gasteiger partial charge >= 0.3 is 0 Å². The summed E-state index contributed by atoms with van der Waals surface area (Å²) in [6, 6.07) is 10.9. The summed E-state index contributed by atoms with van der Waals surface area (Å²) in [7, 11) is -4.36. The molecule has 0 saturated carbocycles. The molecule has 0 amide bonds. The number of aromatic hydroxyl groups is 1. The smallest absolute Gasteiger partial charge is 0.294 e. The maximum Gasteiger partial charge on any atom is 0.294 e. The zero-order chi connectivity index (χ0) is 19.7. The van der Waals surface area contributed by atoms with Crippen LogP contribution in [-0.2, 0) is 16.5 Å². The van der Waals surface area contributed by atoms with E-state index in [1.807, 2.05) is 18.2 Å². The highest BCUT2D eigenvalue weighted by Crippen LogP contribution is 2.33. The van der Waals surface area contributed by atoms with E-state index in [1.165, 1.54) is 44.6 Å². The second kappa shape index (κ2) is 10.3. The van der Waals surface area contributed by atoms with Crippen LogP contribution in [0.4, 0.5) is 0 Å². The maximum absolute atomic E-state index is 11.3. The van der Waals surface area contributed by atoms with E-state index >= 15 is 0 Å². The molecular formula is C21H28O5S. The molecule has 5 nitrogen and oxygen atoms in total. The van der Waals surface area contributed by atoms with Gasteiger partial charge in [-0.25, -0.2) is 0 Å². The fourth-order valence-electron chi connectivity index (χ4n) is 2.91. The molecule has 2 aromatic rings. The Kier molecular flexibility index (Phi) is 8.13. The van der Waals surface area contributed by atoms with E-state index in [0.29, 0.717) is 5.75 Å². The highest BCUT2D eigenvalue weighted by atomic mass is 32.2. The lowest BCUT2D eigenvalue weighted by atomic mass is 10.0. The third-order valence-corrected chi connectivity index (χ3v) is 5.27. The summed E-state index contributed by atoms with van der Waals surface area (Å²) in [6.07, 6.45) is 9.69. The molecule has 0 fully saturated rings. The van der Waals surface area contributed by atoms with Gasteiger partial charge in [-0.05, 0) is 42.7 Å². The Balaban J connectivity index is 1.94. The Morgan fingerprint density at radius 1 is 0.926 bits per heavy atom. The summed E-state index contributed by atoms with van der Waals surface area (Å²) in [6.45, 7) is 2.22. The molecule has 0 aliphatic rings. The summed E-state index contributed by atoms with van der Waals surface area (Å²) in [5.41, 5.74) is 1.13. The minimum Gasteiger partial charge on any atom is -0.504 e. The molecule has 0 aliphatic heterocycles. The number of unbranched alkanes of at least 4 members (excludes halogenated alkanes) is 6. The van der Waals surface area contributed by atoms with Crippen LogP contribution in [0.3, 0.4) is 0 Å². The monoisotopic (exact) mass is 392 g/mol. The van der Waals surface area contributed by atoms with Gasteiger partial charge in [0.25, 0.3) is 10.1 Å². The molecule has 2 rings (SSSR count). The van der Waals surface area contributed by atoms with Gasteiger partial charge in [0, 0.05) is 6.07 Å². The first kappa shape index (κ1) is 21.3. The summed E-state index contributed by atoms with van der Waals surface area (Å²) in [5, 5.41) is 9.89. The quantitative estimate of drug-likeness (QED) is 0.377. The van der Waals surface area contributed by atoms with Crippen LogP contribution in [0.25, 0.3) is 0 Å². The van der Waals surface area contributed by atoms with E-state index in [0.717, 1.165) is 30.5 Å². The second-order valence-corrected chi connectivity index (χ2v) is 8.15. The lowest BCUT2D eigenvalue weighted by Crippen LogP contribution is -1.98. The molecule has 0 spiro atoms. The van der Waals surface area contributed by atoms with Crippen LogP contribution < -0.4 is 4.74 Å². The van der Waals surface area contributed by atoms with E-state index in [4.69, 9.17) is 9.29 Å². The van der Waals surface area contributed by atoms with Crippen molar-refractivity contribution in [3.63, 3.8) is 0 Å². The first-order valence-electron chi connectivity index (χ1n) is 9.47. The molecule has 0 aliphatic carbocycles. The second-order valence-electron chi connectivity index (χ2n) is 6.73. The van der Waals surface area contributed by atoms with Crippen molar-refractivity contribution in [3.05, 3.63) is 48.0 Å². The topological polar surface area (TPSA) is 83.8 Å². The summed E-state index contributed by atoms with van der Waals surface area (Å²) >= 11 is 0. The fraction of sp³-hybridized carbons (Fsp3) is 0.429. The number of hydrogen-bond donors (Lipinski definition) is 2. The van der Waals surface area contributed by atoms with Gasteiger partial charge in [-0.3, -0.25) is 4.55 Å². The Morgan fingerprint density at radius 3 is 2.33 bits per heavy atom. The maximum atomic E-state index is 11.3. The largest absolute Gasteiger partial charge is 0.504 e. The molecule has 27 heavy (non-hydrogen) atoms. The molecule has 0 bridgehead atoms. The van der Waals surface area contributed by atoms with E-state index < -0.39 is 10.1 Å². The van der Waals surface area contributed by atoms with Gasteiger partial charge in [0.15, 0.2) is 11.5 Å². The summed E-state index contributed by atoms with van der Waals surface area (Å²) in [5.74, 6) is 0.302. The van der Waals surface area contributed by atoms with Gasteiger partial charge in [0.2, 0.25) is 0 Å². The van der Waals surface area contributed by atoms with Crippen molar-refractivity contribution in [2.45, 2.75) is 63.2 Å². The molecule has 0 heterocycles. The van der Waals surface area contributed by atoms with Crippen molar-refractivity contribution < 1.29 is 22.8 Å². The van der Waals surface area contributed by atoms with Crippen LogP contribution in [-0.4, -0.2) is 18.1 Å². The molecule has 0 unspecified atom stereocenters. The van der Waals surface area contributed by atoms with Gasteiger partial charge in [0.05, 0.1) is 4.90 Å². The summed E-state index contributed by atoms with van der Waals surface area (Å²) in [4.78, 5) is -0.325. The Bertz CT molecular complexity index is 830. The molecular weight excluding hydrogens is 364 g/mol. The van der Waals surface area contributed by atoms with Crippen molar-refractivity contribution in [1.82, 2.24) is 0 Å². The van der Waals surface area contributed by atoms with Crippen molar-refractivity contribution in [3.8, 4) is 17.2 Å². The van der Waals surface area contributed by atoms with Crippen LogP contribution in [0.15, 0.2) is 47.4 Å². The van der Waals surface area contributed by atoms with Crippen LogP contribution in [0.2, 0.25) is 0 Å². The number of ether oxygens (including phenoxy) is 1. The van der Waals surface area contributed by atoms with Crippen molar-refractivity contribution in [1.29, 1.82) is 0 Å². The lowest BCUT2D eigenvalue weighted by Gasteiger charge is -2.10. The van der Waals surface area contributed by atoms with Gasteiger partial charge in [-0.15, -0.1) is 0 Å². The Morgan fingerprint density at radius 2 is 1.63 bits per heavy atom. The number of phenolic OH excluding ortho intramolecular Hbond substituents is 1. The predicted molar refractivity (Wildman–Crippen MR) is 106 cm³/mol. The van der Waals surface area contributed by atoms with Crippen LogP contribution in [0.1, 0.15) is 57.4 Å². The number of rotatable bonds is 11.